The van der Waals surface area contributed by atoms with Crippen LogP contribution in [0.5, 0.6) is 0 Å². The summed E-state index contributed by atoms with van der Waals surface area (Å²) >= 11 is 0. The average Bonchev–Trinajstić information content (AvgIpc) is 2.33. The predicted molar refractivity (Wildman–Crippen MR) is 71.5 cm³/mol. The SMILES string of the molecule is CCNC(COCC)CC1Cc2ccccc21. The van der Waals surface area contributed by atoms with E-state index in [0.717, 1.165) is 25.7 Å². The lowest BCUT2D eigenvalue weighted by molar-refractivity contribution is 0.117. The van der Waals surface area contributed by atoms with E-state index in [-0.39, 0.29) is 0 Å². The van der Waals surface area contributed by atoms with Crippen molar-refractivity contribution >= 4 is 0 Å². The number of ether oxygens (including phenoxy) is 1. The summed E-state index contributed by atoms with van der Waals surface area (Å²) in [6.07, 6.45) is 2.44. The summed E-state index contributed by atoms with van der Waals surface area (Å²) in [4.78, 5) is 0. The topological polar surface area (TPSA) is 21.3 Å². The van der Waals surface area contributed by atoms with Gasteiger partial charge in [-0.25, -0.2) is 0 Å². The summed E-state index contributed by atoms with van der Waals surface area (Å²) < 4.78 is 5.54. The zero-order valence-electron chi connectivity index (χ0n) is 10.9. The van der Waals surface area contributed by atoms with E-state index in [1.165, 1.54) is 18.4 Å². The third kappa shape index (κ3) is 3.08. The zero-order chi connectivity index (χ0) is 12.1. The highest BCUT2D eigenvalue weighted by Gasteiger charge is 2.27. The number of likely N-dealkylation sites (N-methyl/N-ethyl adjacent to an activating group) is 1. The molecule has 1 aliphatic rings. The van der Waals surface area contributed by atoms with Gasteiger partial charge < -0.3 is 10.1 Å². The molecule has 1 aromatic rings. The third-order valence-corrected chi connectivity index (χ3v) is 3.55. The molecule has 94 valence electrons. The van der Waals surface area contributed by atoms with Gasteiger partial charge in [0.05, 0.1) is 6.61 Å². The maximum Gasteiger partial charge on any atom is 0.0619 e. The molecule has 0 radical (unpaired) electrons. The minimum absolute atomic E-state index is 0.498. The van der Waals surface area contributed by atoms with Crippen LogP contribution in [-0.4, -0.2) is 25.8 Å². The van der Waals surface area contributed by atoms with Crippen LogP contribution in [0.1, 0.15) is 37.3 Å². The van der Waals surface area contributed by atoms with E-state index >= 15 is 0 Å². The first-order chi connectivity index (χ1) is 8.35. The van der Waals surface area contributed by atoms with Gasteiger partial charge in [0.15, 0.2) is 0 Å². The van der Waals surface area contributed by atoms with Crippen LogP contribution in [0.2, 0.25) is 0 Å². The minimum atomic E-state index is 0.498. The van der Waals surface area contributed by atoms with Crippen LogP contribution in [0.4, 0.5) is 0 Å². The monoisotopic (exact) mass is 233 g/mol. The molecule has 1 N–H and O–H groups in total. The van der Waals surface area contributed by atoms with Crippen molar-refractivity contribution in [1.82, 2.24) is 5.32 Å². The summed E-state index contributed by atoms with van der Waals surface area (Å²) in [6.45, 7) is 6.88. The lowest BCUT2D eigenvalue weighted by Gasteiger charge is -2.33. The van der Waals surface area contributed by atoms with Crippen LogP contribution < -0.4 is 5.32 Å². The minimum Gasteiger partial charge on any atom is -0.380 e. The Balaban J connectivity index is 1.87. The number of benzene rings is 1. The van der Waals surface area contributed by atoms with Gasteiger partial charge >= 0.3 is 0 Å². The zero-order valence-corrected chi connectivity index (χ0v) is 10.9. The largest absolute Gasteiger partial charge is 0.380 e. The Morgan fingerprint density at radius 1 is 1.35 bits per heavy atom. The van der Waals surface area contributed by atoms with Gasteiger partial charge in [0.2, 0.25) is 0 Å². The first kappa shape index (κ1) is 12.6. The van der Waals surface area contributed by atoms with E-state index in [2.05, 4.69) is 43.4 Å². The fourth-order valence-corrected chi connectivity index (χ4v) is 2.68. The number of hydrogen-bond donors (Lipinski definition) is 1. The Labute approximate surface area is 104 Å². The van der Waals surface area contributed by atoms with Crippen molar-refractivity contribution in [1.29, 1.82) is 0 Å². The molecule has 0 saturated carbocycles. The van der Waals surface area contributed by atoms with Crippen molar-refractivity contribution < 1.29 is 4.74 Å². The van der Waals surface area contributed by atoms with E-state index in [1.54, 1.807) is 5.56 Å². The molecule has 2 atom stereocenters. The molecule has 0 heterocycles. The molecule has 1 aliphatic carbocycles. The van der Waals surface area contributed by atoms with Crippen LogP contribution in [0.15, 0.2) is 24.3 Å². The summed E-state index contributed by atoms with van der Waals surface area (Å²) in [5.74, 6) is 0.732. The highest BCUT2D eigenvalue weighted by Crippen LogP contribution is 2.37. The number of fused-ring (bicyclic) bond motifs is 1. The molecule has 0 aromatic heterocycles. The van der Waals surface area contributed by atoms with E-state index < -0.39 is 0 Å². The average molecular weight is 233 g/mol. The molecule has 2 nitrogen and oxygen atoms in total. The van der Waals surface area contributed by atoms with Crippen LogP contribution in [0.25, 0.3) is 0 Å². The van der Waals surface area contributed by atoms with Gasteiger partial charge in [-0.1, -0.05) is 31.2 Å². The van der Waals surface area contributed by atoms with Crippen LogP contribution in [0, 0.1) is 0 Å². The molecule has 2 heteroatoms. The van der Waals surface area contributed by atoms with Gasteiger partial charge in [0, 0.05) is 12.6 Å². The standard InChI is InChI=1S/C15H23NO/c1-3-16-14(11-17-4-2)10-13-9-12-7-5-6-8-15(12)13/h5-8,13-14,16H,3-4,9-11H2,1-2H3. The summed E-state index contributed by atoms with van der Waals surface area (Å²) in [6, 6.07) is 9.30. The molecule has 0 saturated heterocycles. The summed E-state index contributed by atoms with van der Waals surface area (Å²) in [5, 5.41) is 3.52. The molecule has 0 spiro atoms. The number of rotatable bonds is 7. The summed E-state index contributed by atoms with van der Waals surface area (Å²) in [7, 11) is 0. The van der Waals surface area contributed by atoms with Crippen molar-refractivity contribution in [3.63, 3.8) is 0 Å². The lowest BCUT2D eigenvalue weighted by atomic mass is 9.74. The van der Waals surface area contributed by atoms with Crippen LogP contribution in [-0.2, 0) is 11.2 Å². The maximum absolute atomic E-state index is 5.54. The fourth-order valence-electron chi connectivity index (χ4n) is 2.68. The van der Waals surface area contributed by atoms with Crippen molar-refractivity contribution in [2.24, 2.45) is 0 Å². The molecule has 0 amide bonds. The fraction of sp³-hybridized carbons (Fsp3) is 0.600. The quantitative estimate of drug-likeness (QED) is 0.782. The maximum atomic E-state index is 5.54. The number of hydrogen-bond acceptors (Lipinski definition) is 2. The Bertz CT molecular complexity index is 351. The Kier molecular flexibility index (Phi) is 4.57. The van der Waals surface area contributed by atoms with Gasteiger partial charge in [0.25, 0.3) is 0 Å². The number of nitrogens with one attached hydrogen (secondary N) is 1. The molecule has 1 aromatic carbocycles. The highest BCUT2D eigenvalue weighted by molar-refractivity contribution is 5.39. The second-order valence-corrected chi connectivity index (χ2v) is 4.75. The van der Waals surface area contributed by atoms with Crippen molar-refractivity contribution in [3.8, 4) is 0 Å². The van der Waals surface area contributed by atoms with E-state index in [0.29, 0.717) is 6.04 Å². The highest BCUT2D eigenvalue weighted by atomic mass is 16.5. The van der Waals surface area contributed by atoms with Crippen molar-refractivity contribution in [2.45, 2.75) is 38.6 Å². The van der Waals surface area contributed by atoms with Gasteiger partial charge in [0.1, 0.15) is 0 Å². The molecule has 2 rings (SSSR count). The molecule has 2 unspecified atom stereocenters. The summed E-state index contributed by atoms with van der Waals surface area (Å²) in [5.41, 5.74) is 3.08. The molecular weight excluding hydrogens is 210 g/mol. The molecular formula is C15H23NO. The normalized spacial score (nSPS) is 19.5. The molecule has 0 fully saturated rings. The smallest absolute Gasteiger partial charge is 0.0619 e. The van der Waals surface area contributed by atoms with Gasteiger partial charge in [-0.2, -0.15) is 0 Å². The first-order valence-electron chi connectivity index (χ1n) is 6.74. The van der Waals surface area contributed by atoms with Gasteiger partial charge in [-0.05, 0) is 43.4 Å². The van der Waals surface area contributed by atoms with E-state index in [1.807, 2.05) is 0 Å². The van der Waals surface area contributed by atoms with Gasteiger partial charge in [-0.3, -0.25) is 0 Å². The Hall–Kier alpha value is -0.860. The second kappa shape index (κ2) is 6.18. The van der Waals surface area contributed by atoms with Crippen molar-refractivity contribution in [3.05, 3.63) is 35.4 Å². The van der Waals surface area contributed by atoms with Crippen molar-refractivity contribution in [2.75, 3.05) is 19.8 Å². The molecule has 0 aliphatic heterocycles. The first-order valence-corrected chi connectivity index (χ1v) is 6.74. The third-order valence-electron chi connectivity index (χ3n) is 3.55. The van der Waals surface area contributed by atoms with Gasteiger partial charge in [-0.15, -0.1) is 0 Å². The van der Waals surface area contributed by atoms with E-state index in [4.69, 9.17) is 4.74 Å². The van der Waals surface area contributed by atoms with Crippen LogP contribution >= 0.6 is 0 Å². The second-order valence-electron chi connectivity index (χ2n) is 4.75. The molecule has 17 heavy (non-hydrogen) atoms. The predicted octanol–water partition coefficient (Wildman–Crippen LogP) is 2.73. The molecule has 0 bridgehead atoms. The van der Waals surface area contributed by atoms with Crippen LogP contribution in [0.3, 0.4) is 0 Å². The Morgan fingerprint density at radius 2 is 2.18 bits per heavy atom. The van der Waals surface area contributed by atoms with E-state index in [9.17, 15) is 0 Å². The Morgan fingerprint density at radius 3 is 2.88 bits per heavy atom. The lowest BCUT2D eigenvalue weighted by Crippen LogP contribution is -2.36.